The zero-order valence-electron chi connectivity index (χ0n) is 12.0. The van der Waals surface area contributed by atoms with E-state index in [1.807, 2.05) is 6.92 Å². The normalized spacial score (nSPS) is 28.0. The summed E-state index contributed by atoms with van der Waals surface area (Å²) < 4.78 is 10.9. The molecule has 0 radical (unpaired) electrons. The molecule has 4 unspecified atom stereocenters. The molecule has 0 aromatic heterocycles. The van der Waals surface area contributed by atoms with Crippen molar-refractivity contribution in [2.45, 2.75) is 57.8 Å². The summed E-state index contributed by atoms with van der Waals surface area (Å²) in [4.78, 5) is 0. The van der Waals surface area contributed by atoms with Crippen molar-refractivity contribution in [1.29, 1.82) is 0 Å². The monoisotopic (exact) mass is 259 g/mol. The molecule has 4 nitrogen and oxygen atoms in total. The van der Waals surface area contributed by atoms with Crippen LogP contribution in [0.3, 0.4) is 0 Å². The Morgan fingerprint density at radius 2 is 2.11 bits per heavy atom. The Labute approximate surface area is 111 Å². The maximum Gasteiger partial charge on any atom is 0.0897 e. The summed E-state index contributed by atoms with van der Waals surface area (Å²) in [6, 6.07) is 0. The lowest BCUT2D eigenvalue weighted by Gasteiger charge is -2.27. The average Bonchev–Trinajstić information content (AvgIpc) is 2.36. The lowest BCUT2D eigenvalue weighted by atomic mass is 9.89. The van der Waals surface area contributed by atoms with Gasteiger partial charge in [-0.05, 0) is 25.7 Å². The van der Waals surface area contributed by atoms with Crippen LogP contribution in [0.15, 0.2) is 0 Å². The van der Waals surface area contributed by atoms with Crippen molar-refractivity contribution in [2.24, 2.45) is 5.92 Å². The van der Waals surface area contributed by atoms with Gasteiger partial charge in [0.25, 0.3) is 0 Å². The van der Waals surface area contributed by atoms with E-state index in [1.165, 1.54) is 12.8 Å². The summed E-state index contributed by atoms with van der Waals surface area (Å²) in [7, 11) is 1.69. The first-order valence-electron chi connectivity index (χ1n) is 7.15. The fourth-order valence-corrected chi connectivity index (χ4v) is 2.37. The first kappa shape index (κ1) is 15.9. The quantitative estimate of drug-likeness (QED) is 0.695. The highest BCUT2D eigenvalue weighted by molar-refractivity contribution is 4.71. The number of aliphatic hydroxyl groups excluding tert-OH is 1. The Morgan fingerprint density at radius 1 is 1.33 bits per heavy atom. The van der Waals surface area contributed by atoms with Gasteiger partial charge in [0.05, 0.1) is 24.9 Å². The molecule has 4 atom stereocenters. The molecule has 1 fully saturated rings. The minimum atomic E-state index is -0.425. The van der Waals surface area contributed by atoms with Crippen molar-refractivity contribution >= 4 is 0 Å². The molecule has 108 valence electrons. The summed E-state index contributed by atoms with van der Waals surface area (Å²) in [5.41, 5.74) is 0. The third-order valence-electron chi connectivity index (χ3n) is 3.63. The highest BCUT2D eigenvalue weighted by atomic mass is 16.5. The molecule has 0 aromatic rings. The highest BCUT2D eigenvalue weighted by Crippen LogP contribution is 2.25. The molecular formula is C14H29NO3. The summed E-state index contributed by atoms with van der Waals surface area (Å²) >= 11 is 0. The van der Waals surface area contributed by atoms with Gasteiger partial charge in [0.2, 0.25) is 0 Å². The van der Waals surface area contributed by atoms with Gasteiger partial charge in [-0.1, -0.05) is 19.8 Å². The van der Waals surface area contributed by atoms with Crippen LogP contribution in [-0.4, -0.2) is 50.2 Å². The largest absolute Gasteiger partial charge is 0.389 e. The van der Waals surface area contributed by atoms with Crippen molar-refractivity contribution in [2.75, 3.05) is 26.8 Å². The van der Waals surface area contributed by atoms with E-state index in [0.717, 1.165) is 25.3 Å². The molecule has 4 heteroatoms. The Bertz CT molecular complexity index is 213. The molecule has 0 aromatic carbocycles. The Morgan fingerprint density at radius 3 is 2.78 bits per heavy atom. The molecule has 0 amide bonds. The summed E-state index contributed by atoms with van der Waals surface area (Å²) in [5, 5.41) is 13.0. The van der Waals surface area contributed by atoms with Crippen LogP contribution in [-0.2, 0) is 9.47 Å². The lowest BCUT2D eigenvalue weighted by molar-refractivity contribution is -0.0312. The molecule has 1 aliphatic rings. The number of ether oxygens (including phenoxy) is 2. The molecule has 0 spiro atoms. The average molecular weight is 259 g/mol. The first-order chi connectivity index (χ1) is 8.61. The highest BCUT2D eigenvalue weighted by Gasteiger charge is 2.20. The second-order valence-corrected chi connectivity index (χ2v) is 5.59. The summed E-state index contributed by atoms with van der Waals surface area (Å²) in [6.45, 7) is 6.04. The number of rotatable bonds is 8. The van der Waals surface area contributed by atoms with Gasteiger partial charge in [-0.25, -0.2) is 0 Å². The summed E-state index contributed by atoms with van der Waals surface area (Å²) in [6.07, 6.45) is 4.96. The summed E-state index contributed by atoms with van der Waals surface area (Å²) in [5.74, 6) is 0.765. The van der Waals surface area contributed by atoms with Gasteiger partial charge >= 0.3 is 0 Å². The Kier molecular flexibility index (Phi) is 7.82. The number of nitrogens with one attached hydrogen (secondary N) is 1. The van der Waals surface area contributed by atoms with Crippen LogP contribution in [0.4, 0.5) is 0 Å². The van der Waals surface area contributed by atoms with E-state index in [4.69, 9.17) is 9.47 Å². The molecular weight excluding hydrogens is 230 g/mol. The number of hydrogen-bond acceptors (Lipinski definition) is 4. The van der Waals surface area contributed by atoms with Crippen LogP contribution >= 0.6 is 0 Å². The molecule has 1 saturated carbocycles. The molecule has 0 saturated heterocycles. The fourth-order valence-electron chi connectivity index (χ4n) is 2.37. The van der Waals surface area contributed by atoms with Crippen LogP contribution < -0.4 is 5.32 Å². The second-order valence-electron chi connectivity index (χ2n) is 5.59. The van der Waals surface area contributed by atoms with Crippen molar-refractivity contribution in [3.63, 3.8) is 0 Å². The van der Waals surface area contributed by atoms with Gasteiger partial charge in [-0.15, -0.1) is 0 Å². The third-order valence-corrected chi connectivity index (χ3v) is 3.63. The van der Waals surface area contributed by atoms with Gasteiger partial charge < -0.3 is 19.9 Å². The van der Waals surface area contributed by atoms with Gasteiger partial charge in [0.1, 0.15) is 0 Å². The first-order valence-corrected chi connectivity index (χ1v) is 7.15. The molecule has 1 rings (SSSR count). The molecule has 0 bridgehead atoms. The lowest BCUT2D eigenvalue weighted by Crippen LogP contribution is -2.36. The third kappa shape index (κ3) is 6.69. The number of aliphatic hydroxyl groups is 1. The van der Waals surface area contributed by atoms with Gasteiger partial charge in [-0.2, -0.15) is 0 Å². The zero-order chi connectivity index (χ0) is 13.4. The molecule has 0 heterocycles. The standard InChI is InChI=1S/C14H29NO3/c1-11-5-4-6-14(7-11)18-10-13(16)9-15-8-12(2)17-3/h11-16H,4-10H2,1-3H3. The molecule has 0 aliphatic heterocycles. The second kappa shape index (κ2) is 8.86. The SMILES string of the molecule is COC(C)CNCC(O)COC1CCCC(C)C1. The predicted molar refractivity (Wildman–Crippen MR) is 72.7 cm³/mol. The Hall–Kier alpha value is -0.160. The zero-order valence-corrected chi connectivity index (χ0v) is 12.0. The van der Waals surface area contributed by atoms with Gasteiger partial charge in [-0.3, -0.25) is 0 Å². The van der Waals surface area contributed by atoms with E-state index in [0.29, 0.717) is 19.3 Å². The number of hydrogen-bond donors (Lipinski definition) is 2. The van der Waals surface area contributed by atoms with Crippen LogP contribution in [0.2, 0.25) is 0 Å². The van der Waals surface area contributed by atoms with Crippen LogP contribution in [0.1, 0.15) is 39.5 Å². The van der Waals surface area contributed by atoms with E-state index in [1.54, 1.807) is 7.11 Å². The van der Waals surface area contributed by atoms with E-state index >= 15 is 0 Å². The molecule has 2 N–H and O–H groups in total. The van der Waals surface area contributed by atoms with Gasteiger partial charge in [0, 0.05) is 20.2 Å². The maximum atomic E-state index is 9.80. The Balaban J connectivity index is 2.03. The van der Waals surface area contributed by atoms with Crippen LogP contribution in [0.5, 0.6) is 0 Å². The van der Waals surface area contributed by atoms with E-state index in [9.17, 15) is 5.11 Å². The van der Waals surface area contributed by atoms with Crippen LogP contribution in [0, 0.1) is 5.92 Å². The van der Waals surface area contributed by atoms with Gasteiger partial charge in [0.15, 0.2) is 0 Å². The van der Waals surface area contributed by atoms with Crippen molar-refractivity contribution < 1.29 is 14.6 Å². The predicted octanol–water partition coefficient (Wildman–Crippen LogP) is 1.57. The maximum absolute atomic E-state index is 9.80. The minimum Gasteiger partial charge on any atom is -0.389 e. The minimum absolute atomic E-state index is 0.178. The van der Waals surface area contributed by atoms with Crippen molar-refractivity contribution in [3.05, 3.63) is 0 Å². The van der Waals surface area contributed by atoms with Crippen LogP contribution in [0.25, 0.3) is 0 Å². The smallest absolute Gasteiger partial charge is 0.0897 e. The van der Waals surface area contributed by atoms with Crippen molar-refractivity contribution in [3.8, 4) is 0 Å². The molecule has 18 heavy (non-hydrogen) atoms. The fraction of sp³-hybridized carbons (Fsp3) is 1.00. The van der Waals surface area contributed by atoms with E-state index in [2.05, 4.69) is 12.2 Å². The number of methoxy groups -OCH3 is 1. The molecule has 1 aliphatic carbocycles. The van der Waals surface area contributed by atoms with E-state index in [-0.39, 0.29) is 6.10 Å². The van der Waals surface area contributed by atoms with E-state index < -0.39 is 6.10 Å². The topological polar surface area (TPSA) is 50.7 Å². The van der Waals surface area contributed by atoms with Crippen molar-refractivity contribution in [1.82, 2.24) is 5.32 Å².